The summed E-state index contributed by atoms with van der Waals surface area (Å²) in [6.45, 7) is 0.382. The van der Waals surface area contributed by atoms with Crippen molar-refractivity contribution in [1.82, 2.24) is 20.6 Å². The fourth-order valence-corrected chi connectivity index (χ4v) is 2.35. The lowest BCUT2D eigenvalue weighted by Crippen LogP contribution is -2.39. The van der Waals surface area contributed by atoms with Crippen molar-refractivity contribution in [2.45, 2.75) is 18.1 Å². The molecular formula is C15H16N4O2S. The number of hydrogen-bond acceptors (Lipinski definition) is 5. The van der Waals surface area contributed by atoms with E-state index in [9.17, 15) is 9.59 Å². The summed E-state index contributed by atoms with van der Waals surface area (Å²) in [5.41, 5.74) is 0.974. The minimum atomic E-state index is -0.491. The number of imide groups is 1. The number of nitrogens with one attached hydrogen (secondary N) is 2. The van der Waals surface area contributed by atoms with Crippen LogP contribution in [0, 0.1) is 0 Å². The third kappa shape index (κ3) is 5.92. The Morgan fingerprint density at radius 1 is 1.05 bits per heavy atom. The number of urea groups is 1. The Morgan fingerprint density at radius 3 is 2.50 bits per heavy atom. The van der Waals surface area contributed by atoms with Gasteiger partial charge < -0.3 is 5.32 Å². The highest BCUT2D eigenvalue weighted by atomic mass is 32.2. The number of nitrogens with zero attached hydrogens (tertiary/aromatic N) is 2. The van der Waals surface area contributed by atoms with Gasteiger partial charge in [-0.3, -0.25) is 10.1 Å². The van der Waals surface area contributed by atoms with Crippen molar-refractivity contribution in [3.8, 4) is 0 Å². The van der Waals surface area contributed by atoms with Crippen LogP contribution in [0.5, 0.6) is 0 Å². The first-order valence-corrected chi connectivity index (χ1v) is 7.74. The molecule has 114 valence electrons. The van der Waals surface area contributed by atoms with E-state index in [0.29, 0.717) is 17.5 Å². The predicted molar refractivity (Wildman–Crippen MR) is 84.2 cm³/mol. The zero-order valence-corrected chi connectivity index (χ0v) is 12.7. The molecule has 0 aliphatic heterocycles. The Morgan fingerprint density at radius 2 is 1.77 bits per heavy atom. The Kier molecular flexibility index (Phi) is 6.38. The van der Waals surface area contributed by atoms with Crippen molar-refractivity contribution in [2.24, 2.45) is 0 Å². The Balaban J connectivity index is 1.63. The first kappa shape index (κ1) is 16.0. The maximum absolute atomic E-state index is 11.6. The second kappa shape index (κ2) is 8.78. The normalized spacial score (nSPS) is 10.0. The summed E-state index contributed by atoms with van der Waals surface area (Å²) in [4.78, 5) is 31.3. The van der Waals surface area contributed by atoms with E-state index in [2.05, 4.69) is 20.6 Å². The summed E-state index contributed by atoms with van der Waals surface area (Å²) < 4.78 is 0. The number of carbonyl (C=O) groups excluding carboxylic acids is 2. The zero-order valence-electron chi connectivity index (χ0n) is 11.9. The molecule has 2 aromatic rings. The summed E-state index contributed by atoms with van der Waals surface area (Å²) in [5, 5.41) is 5.54. The molecule has 1 aromatic carbocycles. The van der Waals surface area contributed by atoms with Crippen LogP contribution in [0.25, 0.3) is 0 Å². The van der Waals surface area contributed by atoms with Gasteiger partial charge in [-0.15, -0.1) is 0 Å². The molecule has 22 heavy (non-hydrogen) atoms. The van der Waals surface area contributed by atoms with E-state index in [1.807, 2.05) is 30.3 Å². The average Bonchev–Trinajstić information content (AvgIpc) is 2.55. The molecule has 0 aliphatic rings. The van der Waals surface area contributed by atoms with Gasteiger partial charge >= 0.3 is 6.03 Å². The van der Waals surface area contributed by atoms with Gasteiger partial charge in [0.1, 0.15) is 0 Å². The molecule has 0 saturated carbocycles. The number of hydrogen-bond donors (Lipinski definition) is 2. The molecule has 0 radical (unpaired) electrons. The van der Waals surface area contributed by atoms with Crippen LogP contribution < -0.4 is 10.6 Å². The molecular weight excluding hydrogens is 300 g/mol. The van der Waals surface area contributed by atoms with E-state index in [1.165, 1.54) is 11.8 Å². The SMILES string of the molecule is O=C(CCSc1ncccn1)NC(=O)NCc1ccccc1. The Bertz CT molecular complexity index is 607. The van der Waals surface area contributed by atoms with Gasteiger partial charge in [-0.05, 0) is 11.6 Å². The van der Waals surface area contributed by atoms with Crippen LogP contribution in [0.15, 0.2) is 53.9 Å². The van der Waals surface area contributed by atoms with Crippen LogP contribution in [-0.4, -0.2) is 27.7 Å². The van der Waals surface area contributed by atoms with Crippen molar-refractivity contribution < 1.29 is 9.59 Å². The summed E-state index contributed by atoms with van der Waals surface area (Å²) in [6, 6.07) is 10.7. The van der Waals surface area contributed by atoms with Gasteiger partial charge in [0.25, 0.3) is 0 Å². The minimum absolute atomic E-state index is 0.224. The Hall–Kier alpha value is -2.41. The maximum atomic E-state index is 11.6. The smallest absolute Gasteiger partial charge is 0.321 e. The largest absolute Gasteiger partial charge is 0.334 e. The van der Waals surface area contributed by atoms with Crippen LogP contribution in [0.3, 0.4) is 0 Å². The topological polar surface area (TPSA) is 84.0 Å². The second-order valence-corrected chi connectivity index (χ2v) is 5.41. The fourth-order valence-electron chi connectivity index (χ4n) is 1.61. The molecule has 6 nitrogen and oxygen atoms in total. The van der Waals surface area contributed by atoms with Gasteiger partial charge in [-0.2, -0.15) is 0 Å². The van der Waals surface area contributed by atoms with E-state index in [-0.39, 0.29) is 12.3 Å². The number of amides is 3. The number of thioether (sulfide) groups is 1. The highest BCUT2D eigenvalue weighted by Crippen LogP contribution is 2.11. The quantitative estimate of drug-likeness (QED) is 0.629. The molecule has 0 bridgehead atoms. The van der Waals surface area contributed by atoms with Gasteiger partial charge in [0.2, 0.25) is 5.91 Å². The number of rotatable bonds is 6. The van der Waals surface area contributed by atoms with Crippen LogP contribution in [-0.2, 0) is 11.3 Å². The maximum Gasteiger partial charge on any atom is 0.321 e. The van der Waals surface area contributed by atoms with E-state index >= 15 is 0 Å². The highest BCUT2D eigenvalue weighted by molar-refractivity contribution is 7.99. The van der Waals surface area contributed by atoms with Crippen molar-refractivity contribution in [3.63, 3.8) is 0 Å². The van der Waals surface area contributed by atoms with E-state index in [0.717, 1.165) is 5.56 Å². The monoisotopic (exact) mass is 316 g/mol. The minimum Gasteiger partial charge on any atom is -0.334 e. The molecule has 7 heteroatoms. The molecule has 1 aromatic heterocycles. The number of benzene rings is 1. The lowest BCUT2D eigenvalue weighted by molar-refractivity contribution is -0.119. The van der Waals surface area contributed by atoms with Crippen LogP contribution >= 0.6 is 11.8 Å². The second-order valence-electron chi connectivity index (χ2n) is 4.35. The van der Waals surface area contributed by atoms with Gasteiger partial charge in [-0.25, -0.2) is 14.8 Å². The number of carbonyl (C=O) groups is 2. The van der Waals surface area contributed by atoms with Crippen molar-refractivity contribution in [3.05, 3.63) is 54.4 Å². The molecule has 2 rings (SSSR count). The molecule has 1 heterocycles. The summed E-state index contributed by atoms with van der Waals surface area (Å²) >= 11 is 1.37. The molecule has 0 saturated heterocycles. The van der Waals surface area contributed by atoms with Gasteiger partial charge in [0, 0.05) is 31.1 Å². The highest BCUT2D eigenvalue weighted by Gasteiger charge is 2.07. The first-order valence-electron chi connectivity index (χ1n) is 6.75. The zero-order chi connectivity index (χ0) is 15.6. The summed E-state index contributed by atoms with van der Waals surface area (Å²) in [7, 11) is 0. The number of aromatic nitrogens is 2. The standard InChI is InChI=1S/C15H16N4O2S/c20-13(7-10-22-15-16-8-4-9-17-15)19-14(21)18-11-12-5-2-1-3-6-12/h1-6,8-9H,7,10-11H2,(H2,18,19,20,21). The van der Waals surface area contributed by atoms with Crippen molar-refractivity contribution in [2.75, 3.05) is 5.75 Å². The third-order valence-corrected chi connectivity index (χ3v) is 3.53. The molecule has 0 atom stereocenters. The molecule has 0 fully saturated rings. The van der Waals surface area contributed by atoms with Gasteiger partial charge in [0.15, 0.2) is 5.16 Å². The third-order valence-electron chi connectivity index (χ3n) is 2.65. The van der Waals surface area contributed by atoms with Crippen LogP contribution in [0.2, 0.25) is 0 Å². The lowest BCUT2D eigenvalue weighted by Gasteiger charge is -2.06. The van der Waals surface area contributed by atoms with E-state index in [4.69, 9.17) is 0 Å². The van der Waals surface area contributed by atoms with Crippen LogP contribution in [0.4, 0.5) is 4.79 Å². The molecule has 0 spiro atoms. The molecule has 2 N–H and O–H groups in total. The van der Waals surface area contributed by atoms with Crippen molar-refractivity contribution in [1.29, 1.82) is 0 Å². The molecule has 0 unspecified atom stereocenters. The fraction of sp³-hybridized carbons (Fsp3) is 0.200. The Labute approximate surface area is 132 Å². The van der Waals surface area contributed by atoms with Gasteiger partial charge in [-0.1, -0.05) is 42.1 Å². The predicted octanol–water partition coefficient (Wildman–Crippen LogP) is 1.98. The lowest BCUT2D eigenvalue weighted by atomic mass is 10.2. The van der Waals surface area contributed by atoms with Crippen LogP contribution in [0.1, 0.15) is 12.0 Å². The first-order chi connectivity index (χ1) is 10.7. The summed E-state index contributed by atoms with van der Waals surface area (Å²) in [6.07, 6.45) is 3.51. The molecule has 0 aliphatic carbocycles. The van der Waals surface area contributed by atoms with Gasteiger partial charge in [0.05, 0.1) is 0 Å². The van der Waals surface area contributed by atoms with E-state index < -0.39 is 6.03 Å². The summed E-state index contributed by atoms with van der Waals surface area (Å²) in [5.74, 6) is 0.191. The average molecular weight is 316 g/mol. The molecule has 3 amide bonds. The van der Waals surface area contributed by atoms with Crippen molar-refractivity contribution >= 4 is 23.7 Å². The van der Waals surface area contributed by atoms with E-state index in [1.54, 1.807) is 18.5 Å².